The van der Waals surface area contributed by atoms with E-state index in [1.165, 1.54) is 5.56 Å². The van der Waals surface area contributed by atoms with E-state index in [0.29, 0.717) is 12.1 Å². The van der Waals surface area contributed by atoms with E-state index >= 15 is 0 Å². The maximum Gasteiger partial charge on any atom is 0.262 e. The Balaban J connectivity index is 1.48. The van der Waals surface area contributed by atoms with E-state index in [2.05, 4.69) is 54.8 Å². The zero-order valence-electron chi connectivity index (χ0n) is 21.2. The summed E-state index contributed by atoms with van der Waals surface area (Å²) in [7, 11) is -1.69. The van der Waals surface area contributed by atoms with E-state index in [1.54, 1.807) is 6.07 Å². The molecule has 6 heteroatoms. The van der Waals surface area contributed by atoms with Gasteiger partial charge in [-0.3, -0.25) is 4.72 Å². The van der Waals surface area contributed by atoms with Crippen LogP contribution in [0.4, 0.5) is 11.4 Å². The lowest BCUT2D eigenvalue weighted by atomic mass is 9.76. The zero-order valence-corrected chi connectivity index (χ0v) is 22.0. The molecule has 5 nitrogen and oxygen atoms in total. The van der Waals surface area contributed by atoms with Crippen molar-refractivity contribution in [1.29, 1.82) is 0 Å². The highest BCUT2D eigenvalue weighted by Crippen LogP contribution is 2.57. The first-order chi connectivity index (χ1) is 17.0. The minimum Gasteiger partial charge on any atom is -0.466 e. The number of sulfonamides is 1. The Morgan fingerprint density at radius 1 is 0.917 bits per heavy atom. The molecule has 184 valence electrons. The van der Waals surface area contributed by atoms with Gasteiger partial charge in [-0.25, -0.2) is 8.42 Å². The minimum absolute atomic E-state index is 0.281. The number of aryl methyl sites for hydroxylation is 2. The Morgan fingerprint density at radius 2 is 1.61 bits per heavy atom. The summed E-state index contributed by atoms with van der Waals surface area (Å²) in [6, 6.07) is 23.7. The first-order valence-corrected chi connectivity index (χ1v) is 13.7. The normalized spacial score (nSPS) is 19.9. The average Bonchev–Trinajstić information content (AvgIpc) is 3.31. The van der Waals surface area contributed by atoms with Crippen molar-refractivity contribution in [3.05, 3.63) is 95.1 Å². The number of benzene rings is 4. The average molecular weight is 499 g/mol. The summed E-state index contributed by atoms with van der Waals surface area (Å²) in [5.74, 6) is 0.827. The fourth-order valence-corrected chi connectivity index (χ4v) is 7.46. The molecule has 6 rings (SSSR count). The van der Waals surface area contributed by atoms with Gasteiger partial charge in [-0.15, -0.1) is 0 Å². The highest BCUT2D eigenvalue weighted by molar-refractivity contribution is 7.92. The fraction of sp³-hybridized carbons (Fsp3) is 0.267. The highest BCUT2D eigenvalue weighted by Gasteiger charge is 2.60. The Bertz CT molecular complexity index is 1660. The number of para-hydroxylation sites is 1. The SMILES string of the molecule is Cc1ccc(S(=O)(=O)Nc2cc3c(c4ccccc24)O[C@]2(C3)N(C)c3ccccc3C2(C)C)c(C)c1. The Hall–Kier alpha value is -3.51. The van der Waals surface area contributed by atoms with Gasteiger partial charge in [-0.1, -0.05) is 60.2 Å². The molecular formula is C30H30N2O3S. The second kappa shape index (κ2) is 7.50. The van der Waals surface area contributed by atoms with Crippen LogP contribution >= 0.6 is 0 Å². The monoisotopic (exact) mass is 498 g/mol. The zero-order chi connectivity index (χ0) is 25.5. The number of anilines is 2. The van der Waals surface area contributed by atoms with Gasteiger partial charge in [0.2, 0.25) is 0 Å². The molecule has 0 radical (unpaired) electrons. The van der Waals surface area contributed by atoms with Crippen LogP contribution in [0.1, 0.15) is 36.1 Å². The van der Waals surface area contributed by atoms with Crippen LogP contribution in [0.15, 0.2) is 77.7 Å². The van der Waals surface area contributed by atoms with Gasteiger partial charge in [-0.2, -0.15) is 0 Å². The molecule has 2 aliphatic rings. The maximum atomic E-state index is 13.5. The summed E-state index contributed by atoms with van der Waals surface area (Å²) in [6.07, 6.45) is 0.642. The topological polar surface area (TPSA) is 58.6 Å². The maximum absolute atomic E-state index is 13.5. The number of likely N-dealkylation sites (N-methyl/N-ethyl adjacent to an activating group) is 1. The van der Waals surface area contributed by atoms with Crippen molar-refractivity contribution in [3.63, 3.8) is 0 Å². The van der Waals surface area contributed by atoms with Crippen LogP contribution in [-0.2, 0) is 21.9 Å². The van der Waals surface area contributed by atoms with Crippen molar-refractivity contribution >= 4 is 32.2 Å². The van der Waals surface area contributed by atoms with Crippen molar-refractivity contribution in [2.45, 2.75) is 50.2 Å². The Labute approximate surface area is 212 Å². The largest absolute Gasteiger partial charge is 0.466 e. The number of rotatable bonds is 3. The second-order valence-electron chi connectivity index (χ2n) is 10.6. The molecule has 0 bridgehead atoms. The van der Waals surface area contributed by atoms with Crippen LogP contribution in [0.3, 0.4) is 0 Å². The Morgan fingerprint density at radius 3 is 2.33 bits per heavy atom. The third-order valence-electron chi connectivity index (χ3n) is 8.09. The minimum atomic E-state index is -3.78. The van der Waals surface area contributed by atoms with Gasteiger partial charge in [-0.05, 0) is 57.0 Å². The molecule has 1 atom stereocenters. The number of fused-ring (bicyclic) bond motifs is 4. The van der Waals surface area contributed by atoms with Gasteiger partial charge in [0.15, 0.2) is 5.72 Å². The molecule has 1 spiro atoms. The molecule has 2 aliphatic heterocycles. The van der Waals surface area contributed by atoms with Crippen LogP contribution in [0.25, 0.3) is 10.8 Å². The lowest BCUT2D eigenvalue weighted by Gasteiger charge is -2.42. The van der Waals surface area contributed by atoms with Gasteiger partial charge in [0.25, 0.3) is 10.0 Å². The second-order valence-corrected chi connectivity index (χ2v) is 12.2. The van der Waals surface area contributed by atoms with Crippen LogP contribution in [0, 0.1) is 13.8 Å². The van der Waals surface area contributed by atoms with E-state index in [-0.39, 0.29) is 10.3 Å². The van der Waals surface area contributed by atoms with Crippen molar-refractivity contribution < 1.29 is 13.2 Å². The predicted molar refractivity (Wildman–Crippen MR) is 146 cm³/mol. The summed E-state index contributed by atoms with van der Waals surface area (Å²) < 4.78 is 36.8. The summed E-state index contributed by atoms with van der Waals surface area (Å²) in [5.41, 5.74) is 4.85. The summed E-state index contributed by atoms with van der Waals surface area (Å²) >= 11 is 0. The smallest absolute Gasteiger partial charge is 0.262 e. The van der Waals surface area contributed by atoms with Crippen LogP contribution < -0.4 is 14.4 Å². The molecule has 0 saturated carbocycles. The third kappa shape index (κ3) is 3.03. The number of hydrogen-bond donors (Lipinski definition) is 1. The van der Waals surface area contributed by atoms with E-state index in [0.717, 1.165) is 38.9 Å². The molecule has 2 heterocycles. The van der Waals surface area contributed by atoms with E-state index < -0.39 is 15.7 Å². The number of hydrogen-bond acceptors (Lipinski definition) is 4. The lowest BCUT2D eigenvalue weighted by molar-refractivity contribution is 0.0362. The standard InChI is InChI=1S/C30H30N2O3S/c1-19-14-15-27(20(2)16-19)36(33,34)31-25-17-21-18-30(35-28(21)23-11-7-6-10-22(23)25)29(3,4)24-12-8-9-13-26(24)32(30)5/h6-17,31H,18H2,1-5H3/t30-/m0/s1. The molecule has 0 unspecified atom stereocenters. The molecule has 0 amide bonds. The summed E-state index contributed by atoms with van der Waals surface area (Å²) in [4.78, 5) is 2.54. The number of nitrogens with one attached hydrogen (secondary N) is 1. The third-order valence-corrected chi connectivity index (χ3v) is 9.62. The summed E-state index contributed by atoms with van der Waals surface area (Å²) in [6.45, 7) is 8.25. The van der Waals surface area contributed by atoms with Crippen molar-refractivity contribution in [3.8, 4) is 5.75 Å². The van der Waals surface area contributed by atoms with Crippen LogP contribution in [0.5, 0.6) is 5.75 Å². The summed E-state index contributed by atoms with van der Waals surface area (Å²) in [5, 5.41) is 1.72. The van der Waals surface area contributed by atoms with Gasteiger partial charge in [0, 0.05) is 35.5 Å². The van der Waals surface area contributed by atoms with Crippen LogP contribution in [0.2, 0.25) is 0 Å². The van der Waals surface area contributed by atoms with Gasteiger partial charge in [0.1, 0.15) is 5.75 Å². The molecule has 0 saturated heterocycles. The molecule has 4 aromatic rings. The molecule has 4 aromatic carbocycles. The first kappa shape index (κ1) is 22.9. The quantitative estimate of drug-likeness (QED) is 0.359. The van der Waals surface area contributed by atoms with Gasteiger partial charge < -0.3 is 9.64 Å². The van der Waals surface area contributed by atoms with E-state index in [4.69, 9.17) is 4.74 Å². The van der Waals surface area contributed by atoms with E-state index in [9.17, 15) is 8.42 Å². The van der Waals surface area contributed by atoms with E-state index in [1.807, 2.05) is 56.3 Å². The molecule has 36 heavy (non-hydrogen) atoms. The fourth-order valence-electron chi connectivity index (χ4n) is 6.16. The number of ether oxygens (including phenoxy) is 1. The molecule has 0 fully saturated rings. The molecule has 0 aliphatic carbocycles. The van der Waals surface area contributed by atoms with Crippen molar-refractivity contribution in [1.82, 2.24) is 0 Å². The van der Waals surface area contributed by atoms with Crippen molar-refractivity contribution in [2.75, 3.05) is 16.7 Å². The highest BCUT2D eigenvalue weighted by atomic mass is 32.2. The van der Waals surface area contributed by atoms with Crippen LogP contribution in [-0.4, -0.2) is 21.2 Å². The molecule has 1 N–H and O–H groups in total. The molecular weight excluding hydrogens is 468 g/mol. The first-order valence-electron chi connectivity index (χ1n) is 12.2. The molecule has 0 aromatic heterocycles. The number of nitrogens with zero attached hydrogens (tertiary/aromatic N) is 1. The van der Waals surface area contributed by atoms with Crippen molar-refractivity contribution in [2.24, 2.45) is 0 Å². The predicted octanol–water partition coefficient (Wildman–Crippen LogP) is 6.32. The Kier molecular flexibility index (Phi) is 4.77. The van der Waals surface area contributed by atoms with Gasteiger partial charge in [0.05, 0.1) is 16.0 Å². The lowest BCUT2D eigenvalue weighted by Crippen LogP contribution is -2.58. The van der Waals surface area contributed by atoms with Gasteiger partial charge >= 0.3 is 0 Å².